The Morgan fingerprint density at radius 3 is 2.00 bits per heavy atom. The minimum absolute atomic E-state index is 0.706. The van der Waals surface area contributed by atoms with E-state index in [1.807, 2.05) is 54.6 Å². The van der Waals surface area contributed by atoms with Crippen LogP contribution in [-0.2, 0) is 0 Å². The van der Waals surface area contributed by atoms with Crippen molar-refractivity contribution in [1.29, 1.82) is 0 Å². The zero-order chi connectivity index (χ0) is 26.5. The Kier molecular flexibility index (Phi) is 5.07. The molecule has 0 aliphatic heterocycles. The SMILES string of the molecule is c1ccc(-c2cc(-c3cccc(-n4c5ccccc5c5nc6ccccn6c54)c3)nc(-c3ccccc3)n2)cc1. The maximum absolute atomic E-state index is 5.05. The lowest BCUT2D eigenvalue weighted by atomic mass is 10.1. The summed E-state index contributed by atoms with van der Waals surface area (Å²) in [6.45, 7) is 0. The lowest BCUT2D eigenvalue weighted by Gasteiger charge is -2.12. The van der Waals surface area contributed by atoms with E-state index in [1.165, 1.54) is 0 Å². The van der Waals surface area contributed by atoms with Crippen LogP contribution in [0.5, 0.6) is 0 Å². The number of rotatable bonds is 4. The first kappa shape index (κ1) is 22.4. The largest absolute Gasteiger partial charge is 0.294 e. The van der Waals surface area contributed by atoms with Gasteiger partial charge in [0.15, 0.2) is 11.5 Å². The van der Waals surface area contributed by atoms with Crippen LogP contribution in [0.2, 0.25) is 0 Å². The Balaban J connectivity index is 1.36. The summed E-state index contributed by atoms with van der Waals surface area (Å²) < 4.78 is 4.46. The van der Waals surface area contributed by atoms with Gasteiger partial charge in [-0.1, -0.05) is 97.1 Å². The molecule has 0 N–H and O–H groups in total. The van der Waals surface area contributed by atoms with E-state index in [9.17, 15) is 0 Å². The van der Waals surface area contributed by atoms with Crippen LogP contribution in [0.4, 0.5) is 0 Å². The molecule has 0 fully saturated rings. The van der Waals surface area contributed by atoms with Gasteiger partial charge in [0, 0.05) is 34.0 Å². The summed E-state index contributed by atoms with van der Waals surface area (Å²) in [5, 5.41) is 1.13. The van der Waals surface area contributed by atoms with Gasteiger partial charge in [0.2, 0.25) is 0 Å². The molecule has 4 aromatic heterocycles. The van der Waals surface area contributed by atoms with Gasteiger partial charge in [-0.25, -0.2) is 15.0 Å². The number of benzene rings is 4. The Hall–Kier alpha value is -5.55. The fraction of sp³-hybridized carbons (Fsp3) is 0. The highest BCUT2D eigenvalue weighted by molar-refractivity contribution is 6.07. The average molecular weight is 514 g/mol. The molecule has 8 aromatic rings. The van der Waals surface area contributed by atoms with Crippen LogP contribution in [0, 0.1) is 0 Å². The van der Waals surface area contributed by atoms with Crippen LogP contribution in [0.25, 0.3) is 67.3 Å². The second kappa shape index (κ2) is 9.03. The highest BCUT2D eigenvalue weighted by Gasteiger charge is 2.18. The number of pyridine rings is 1. The van der Waals surface area contributed by atoms with Crippen LogP contribution in [0.3, 0.4) is 0 Å². The minimum atomic E-state index is 0.706. The molecule has 0 spiro atoms. The number of nitrogens with zero attached hydrogens (tertiary/aromatic N) is 5. The van der Waals surface area contributed by atoms with Crippen molar-refractivity contribution < 1.29 is 0 Å². The number of hydrogen-bond acceptors (Lipinski definition) is 3. The van der Waals surface area contributed by atoms with E-state index in [0.717, 1.165) is 61.5 Å². The monoisotopic (exact) mass is 513 g/mol. The molecule has 0 aliphatic rings. The minimum Gasteiger partial charge on any atom is -0.294 e. The molecule has 0 saturated heterocycles. The summed E-state index contributed by atoms with van der Waals surface area (Å²) in [5.74, 6) is 0.706. The second-order valence-electron chi connectivity index (χ2n) is 9.81. The quantitative estimate of drug-likeness (QED) is 0.238. The van der Waals surface area contributed by atoms with Gasteiger partial charge < -0.3 is 0 Å². The number of imidazole rings is 1. The fourth-order valence-corrected chi connectivity index (χ4v) is 5.49. The number of fused-ring (bicyclic) bond motifs is 5. The predicted molar refractivity (Wildman–Crippen MR) is 161 cm³/mol. The van der Waals surface area contributed by atoms with Gasteiger partial charge in [-0.15, -0.1) is 0 Å². The van der Waals surface area contributed by atoms with Crippen molar-refractivity contribution in [3.8, 4) is 39.6 Å². The van der Waals surface area contributed by atoms with Gasteiger partial charge in [-0.2, -0.15) is 0 Å². The average Bonchev–Trinajstić information content (AvgIpc) is 3.57. The highest BCUT2D eigenvalue weighted by Crippen LogP contribution is 2.34. The maximum Gasteiger partial charge on any atom is 0.160 e. The van der Waals surface area contributed by atoms with E-state index in [-0.39, 0.29) is 0 Å². The van der Waals surface area contributed by atoms with Gasteiger partial charge in [-0.3, -0.25) is 8.97 Å². The van der Waals surface area contributed by atoms with E-state index in [1.54, 1.807) is 0 Å². The molecule has 0 radical (unpaired) electrons. The number of aromatic nitrogens is 5. The number of para-hydroxylation sites is 1. The van der Waals surface area contributed by atoms with Crippen LogP contribution in [0.15, 0.2) is 140 Å². The molecule has 5 nitrogen and oxygen atoms in total. The third-order valence-corrected chi connectivity index (χ3v) is 7.34. The van der Waals surface area contributed by atoms with Crippen LogP contribution in [-0.4, -0.2) is 23.9 Å². The molecule has 0 bridgehead atoms. The third-order valence-electron chi connectivity index (χ3n) is 7.34. The molecule has 4 heterocycles. The van der Waals surface area contributed by atoms with E-state index in [2.05, 4.69) is 94.0 Å². The molecule has 4 aromatic carbocycles. The van der Waals surface area contributed by atoms with Crippen molar-refractivity contribution in [2.75, 3.05) is 0 Å². The normalized spacial score (nSPS) is 11.5. The Morgan fingerprint density at radius 1 is 0.500 bits per heavy atom. The molecular formula is C35H23N5. The molecule has 188 valence electrons. The molecule has 8 rings (SSSR count). The first-order valence-corrected chi connectivity index (χ1v) is 13.3. The lowest BCUT2D eigenvalue weighted by Crippen LogP contribution is -1.99. The van der Waals surface area contributed by atoms with Crippen molar-refractivity contribution in [1.82, 2.24) is 23.9 Å². The highest BCUT2D eigenvalue weighted by atomic mass is 15.1. The molecule has 5 heteroatoms. The molecule has 0 unspecified atom stereocenters. The molecule has 40 heavy (non-hydrogen) atoms. The predicted octanol–water partition coefficient (Wildman–Crippen LogP) is 8.22. The van der Waals surface area contributed by atoms with E-state index in [4.69, 9.17) is 15.0 Å². The lowest BCUT2D eigenvalue weighted by molar-refractivity contribution is 1.09. The summed E-state index contributed by atoms with van der Waals surface area (Å²) in [4.78, 5) is 15.0. The second-order valence-corrected chi connectivity index (χ2v) is 9.81. The van der Waals surface area contributed by atoms with Crippen LogP contribution >= 0.6 is 0 Å². The summed E-state index contributed by atoms with van der Waals surface area (Å²) in [7, 11) is 0. The standard InChI is InChI=1S/C35H23N5/c1-3-12-24(13-4-1)29-23-30(37-34(36-29)25-14-5-2-6-15-25)26-16-11-17-27(22-26)40-31-19-8-7-18-28(31)33-35(40)39-21-10-9-20-32(39)38-33/h1-23H. The summed E-state index contributed by atoms with van der Waals surface area (Å²) >= 11 is 0. The van der Waals surface area contributed by atoms with Crippen LogP contribution in [0.1, 0.15) is 0 Å². The van der Waals surface area contributed by atoms with E-state index < -0.39 is 0 Å². The topological polar surface area (TPSA) is 48.0 Å². The number of hydrogen-bond donors (Lipinski definition) is 0. The summed E-state index contributed by atoms with van der Waals surface area (Å²) in [5.41, 5.74) is 9.98. The third kappa shape index (κ3) is 3.60. The zero-order valence-corrected chi connectivity index (χ0v) is 21.5. The van der Waals surface area contributed by atoms with Gasteiger partial charge in [0.25, 0.3) is 0 Å². The van der Waals surface area contributed by atoms with Crippen molar-refractivity contribution in [3.63, 3.8) is 0 Å². The first-order chi connectivity index (χ1) is 19.8. The van der Waals surface area contributed by atoms with E-state index >= 15 is 0 Å². The van der Waals surface area contributed by atoms with Crippen LogP contribution < -0.4 is 0 Å². The molecule has 0 atom stereocenters. The molecule has 0 amide bonds. The smallest absolute Gasteiger partial charge is 0.160 e. The maximum atomic E-state index is 5.05. The van der Waals surface area contributed by atoms with Gasteiger partial charge >= 0.3 is 0 Å². The Labute approximate surface area is 230 Å². The van der Waals surface area contributed by atoms with Crippen molar-refractivity contribution in [2.45, 2.75) is 0 Å². The van der Waals surface area contributed by atoms with Gasteiger partial charge in [0.05, 0.1) is 16.9 Å². The summed E-state index contributed by atoms with van der Waals surface area (Å²) in [6, 6.07) is 45.7. The first-order valence-electron chi connectivity index (χ1n) is 13.3. The summed E-state index contributed by atoms with van der Waals surface area (Å²) in [6.07, 6.45) is 2.08. The Morgan fingerprint density at radius 2 is 1.18 bits per heavy atom. The van der Waals surface area contributed by atoms with Gasteiger partial charge in [0.1, 0.15) is 11.2 Å². The molecule has 0 saturated carbocycles. The fourth-order valence-electron chi connectivity index (χ4n) is 5.49. The Bertz CT molecular complexity index is 2090. The van der Waals surface area contributed by atoms with Crippen molar-refractivity contribution in [3.05, 3.63) is 140 Å². The molecule has 0 aliphatic carbocycles. The van der Waals surface area contributed by atoms with Crippen molar-refractivity contribution in [2.24, 2.45) is 0 Å². The zero-order valence-electron chi connectivity index (χ0n) is 21.5. The van der Waals surface area contributed by atoms with Gasteiger partial charge in [-0.05, 0) is 36.4 Å². The van der Waals surface area contributed by atoms with E-state index in [0.29, 0.717) is 5.82 Å². The van der Waals surface area contributed by atoms with Crippen molar-refractivity contribution >= 4 is 27.7 Å². The molecular weight excluding hydrogens is 490 g/mol.